The molecule has 0 aliphatic carbocycles. The van der Waals surface area contributed by atoms with Gasteiger partial charge in [0, 0.05) is 0 Å². The fourth-order valence-corrected chi connectivity index (χ4v) is 1.21. The molecule has 0 bridgehead atoms. The lowest BCUT2D eigenvalue weighted by molar-refractivity contribution is 1.22. The van der Waals surface area contributed by atoms with Crippen molar-refractivity contribution in [3.63, 3.8) is 0 Å². The van der Waals surface area contributed by atoms with Gasteiger partial charge >= 0.3 is 0 Å². The summed E-state index contributed by atoms with van der Waals surface area (Å²) in [4.78, 5) is 0. The van der Waals surface area contributed by atoms with Crippen molar-refractivity contribution < 1.29 is 0 Å². The highest BCUT2D eigenvalue weighted by atomic mass is 28.3. The van der Waals surface area contributed by atoms with Crippen molar-refractivity contribution in [1.82, 2.24) is 0 Å². The molecule has 0 N–H and O–H groups in total. The Hall–Kier alpha value is -0.0431. The summed E-state index contributed by atoms with van der Waals surface area (Å²) in [6.07, 6.45) is 5.56. The van der Waals surface area contributed by atoms with Gasteiger partial charge in [0.25, 0.3) is 0 Å². The highest BCUT2D eigenvalue weighted by molar-refractivity contribution is 6.80. The summed E-state index contributed by atoms with van der Waals surface area (Å²) in [5.74, 6) is 0. The van der Waals surface area contributed by atoms with Gasteiger partial charge in [-0.15, -0.1) is 0 Å². The van der Waals surface area contributed by atoms with Crippen molar-refractivity contribution in [2.24, 2.45) is 0 Å². The molecule has 0 rings (SSSR count). The molecule has 0 saturated carbocycles. The summed E-state index contributed by atoms with van der Waals surface area (Å²) in [5, 5.41) is 0. The molecule has 0 unspecified atom stereocenters. The fraction of sp³-hybridized carbons (Fsp3) is 0.625. The van der Waals surface area contributed by atoms with Crippen molar-refractivity contribution in [2.75, 3.05) is 0 Å². The highest BCUT2D eigenvalue weighted by Gasteiger charge is 2.09. The molecule has 0 heterocycles. The zero-order valence-corrected chi connectivity index (χ0v) is 7.94. The third-order valence-electron chi connectivity index (χ3n) is 0.968. The first kappa shape index (κ1) is 8.96. The molecule has 0 aromatic rings. The summed E-state index contributed by atoms with van der Waals surface area (Å²) < 4.78 is 0. The van der Waals surface area contributed by atoms with Gasteiger partial charge in [-0.2, -0.15) is 0 Å². The van der Waals surface area contributed by atoms with Crippen molar-refractivity contribution in [2.45, 2.75) is 33.0 Å². The second-order valence-corrected chi connectivity index (χ2v) is 8.43. The van der Waals surface area contributed by atoms with Crippen molar-refractivity contribution in [3.05, 3.63) is 18.2 Å². The lowest BCUT2D eigenvalue weighted by atomic mass is 10.4. The van der Waals surface area contributed by atoms with Crippen LogP contribution in [0.2, 0.25) is 19.6 Å². The maximum Gasteiger partial charge on any atom is 0.0517 e. The van der Waals surface area contributed by atoms with Crippen LogP contribution >= 0.6 is 0 Å². The van der Waals surface area contributed by atoms with E-state index in [0.717, 1.165) is 6.42 Å². The normalized spacial score (nSPS) is 12.9. The van der Waals surface area contributed by atoms with Gasteiger partial charge in [0.2, 0.25) is 0 Å². The van der Waals surface area contributed by atoms with Crippen LogP contribution < -0.4 is 0 Å². The van der Waals surface area contributed by atoms with Crippen LogP contribution in [0.5, 0.6) is 0 Å². The lowest BCUT2D eigenvalue weighted by Crippen LogP contribution is -2.19. The Morgan fingerprint density at radius 2 is 1.78 bits per heavy atom. The molecule has 0 aliphatic heterocycles. The van der Waals surface area contributed by atoms with Crippen molar-refractivity contribution in [3.8, 4) is 0 Å². The Morgan fingerprint density at radius 1 is 1.22 bits per heavy atom. The molecule has 0 nitrogen and oxygen atoms in total. The first-order valence-electron chi connectivity index (χ1n) is 3.57. The van der Waals surface area contributed by atoms with E-state index in [0.29, 0.717) is 0 Å². The second-order valence-electron chi connectivity index (χ2n) is 3.37. The smallest absolute Gasteiger partial charge is 0.0517 e. The van der Waals surface area contributed by atoms with E-state index in [-0.39, 0.29) is 0 Å². The summed E-state index contributed by atoms with van der Waals surface area (Å²) in [7, 11) is -0.906. The van der Waals surface area contributed by atoms with E-state index in [1.54, 1.807) is 0 Å². The SMILES string of the molecule is CC/C=C/[CH][Si](C)(C)C. The van der Waals surface area contributed by atoms with Gasteiger partial charge in [0.15, 0.2) is 0 Å². The number of hydrogen-bond donors (Lipinski definition) is 0. The second kappa shape index (κ2) is 3.88. The molecule has 53 valence electrons. The van der Waals surface area contributed by atoms with E-state index in [9.17, 15) is 0 Å². The molecule has 0 amide bonds. The van der Waals surface area contributed by atoms with Gasteiger partial charge in [0.1, 0.15) is 0 Å². The zero-order chi connectivity index (χ0) is 7.33. The quantitative estimate of drug-likeness (QED) is 0.530. The Balaban J connectivity index is 3.38. The first-order valence-corrected chi connectivity index (χ1v) is 7.15. The van der Waals surface area contributed by atoms with E-state index in [1.807, 2.05) is 0 Å². The summed E-state index contributed by atoms with van der Waals surface area (Å²) >= 11 is 0. The Kier molecular flexibility index (Phi) is 3.87. The standard InChI is InChI=1S/C8H17Si/c1-5-6-7-8-9(2,3)4/h6-8H,5H2,1-4H3/b7-6+. The lowest BCUT2D eigenvalue weighted by Gasteiger charge is -2.10. The summed E-state index contributed by atoms with van der Waals surface area (Å²) in [5.41, 5.74) is 0. The van der Waals surface area contributed by atoms with Crippen LogP contribution in [-0.4, -0.2) is 8.07 Å². The number of allylic oxidation sites excluding steroid dienone is 2. The molecule has 0 aromatic heterocycles. The van der Waals surface area contributed by atoms with E-state index in [1.165, 1.54) is 0 Å². The van der Waals surface area contributed by atoms with Gasteiger partial charge in [-0.25, -0.2) is 0 Å². The van der Waals surface area contributed by atoms with Crippen molar-refractivity contribution >= 4 is 8.07 Å². The average Bonchev–Trinajstić information content (AvgIpc) is 1.63. The maximum absolute atomic E-state index is 2.36. The predicted molar refractivity (Wildman–Crippen MR) is 47.1 cm³/mol. The van der Waals surface area contributed by atoms with Crippen molar-refractivity contribution in [1.29, 1.82) is 0 Å². The zero-order valence-electron chi connectivity index (χ0n) is 6.94. The monoisotopic (exact) mass is 141 g/mol. The summed E-state index contributed by atoms with van der Waals surface area (Å²) in [6, 6.07) is 2.36. The van der Waals surface area contributed by atoms with Gasteiger partial charge in [-0.05, 0) is 12.5 Å². The molecule has 1 radical (unpaired) electrons. The third-order valence-corrected chi connectivity index (χ3v) is 2.16. The highest BCUT2D eigenvalue weighted by Crippen LogP contribution is 2.05. The third kappa shape index (κ3) is 7.96. The Bertz CT molecular complexity index is 87.2. The minimum atomic E-state index is -0.906. The molecule has 9 heavy (non-hydrogen) atoms. The largest absolute Gasteiger partial charge is 0.0888 e. The maximum atomic E-state index is 2.36. The van der Waals surface area contributed by atoms with Crippen LogP contribution in [0.15, 0.2) is 12.2 Å². The van der Waals surface area contributed by atoms with Gasteiger partial charge in [0.05, 0.1) is 8.07 Å². The van der Waals surface area contributed by atoms with E-state index in [4.69, 9.17) is 0 Å². The minimum Gasteiger partial charge on any atom is -0.0888 e. The van der Waals surface area contributed by atoms with E-state index in [2.05, 4.69) is 44.8 Å². The van der Waals surface area contributed by atoms with Crippen LogP contribution in [-0.2, 0) is 0 Å². The molecular formula is C8H17Si. The van der Waals surface area contributed by atoms with E-state index >= 15 is 0 Å². The van der Waals surface area contributed by atoms with Crippen LogP contribution in [0.4, 0.5) is 0 Å². The predicted octanol–water partition coefficient (Wildman–Crippen LogP) is 3.03. The molecule has 0 saturated heterocycles. The van der Waals surface area contributed by atoms with Gasteiger partial charge in [-0.3, -0.25) is 0 Å². The fourth-order valence-electron chi connectivity index (χ4n) is 0.493. The minimum absolute atomic E-state index is 0.906. The first-order chi connectivity index (χ1) is 4.06. The number of hydrogen-bond acceptors (Lipinski definition) is 0. The van der Waals surface area contributed by atoms with Gasteiger partial charge in [-0.1, -0.05) is 38.7 Å². The molecule has 0 atom stereocenters. The molecular weight excluding hydrogens is 124 g/mol. The number of rotatable bonds is 3. The van der Waals surface area contributed by atoms with Gasteiger partial charge < -0.3 is 0 Å². The molecule has 0 fully saturated rings. The van der Waals surface area contributed by atoms with Crippen LogP contribution in [0.25, 0.3) is 0 Å². The van der Waals surface area contributed by atoms with Crippen LogP contribution in [0.3, 0.4) is 0 Å². The molecule has 0 spiro atoms. The average molecular weight is 141 g/mol. The Labute approximate surface area is 60.0 Å². The molecule has 0 aromatic carbocycles. The topological polar surface area (TPSA) is 0 Å². The molecule has 0 aliphatic rings. The summed E-state index contributed by atoms with van der Waals surface area (Å²) in [6.45, 7) is 9.18. The Morgan fingerprint density at radius 3 is 2.11 bits per heavy atom. The van der Waals surface area contributed by atoms with E-state index < -0.39 is 8.07 Å². The van der Waals surface area contributed by atoms with Crippen LogP contribution in [0.1, 0.15) is 13.3 Å². The molecule has 1 heteroatoms. The van der Waals surface area contributed by atoms with Crippen LogP contribution in [0, 0.1) is 6.04 Å².